The molecule has 1 atom stereocenters. The van der Waals surface area contributed by atoms with Crippen molar-refractivity contribution in [1.29, 1.82) is 0 Å². The molecule has 5 rings (SSSR count). The average Bonchev–Trinajstić information content (AvgIpc) is 3.23. The first-order valence-corrected chi connectivity index (χ1v) is 16.2. The lowest BCUT2D eigenvalue weighted by Crippen LogP contribution is -2.27. The number of hydrogen-bond donors (Lipinski definition) is 0. The van der Waals surface area contributed by atoms with Crippen LogP contribution in [0.5, 0.6) is 5.75 Å². The molecule has 6 nitrogen and oxygen atoms in total. The number of hydrogen-bond acceptors (Lipinski definition) is 4. The Balaban J connectivity index is 1.89. The second-order valence-electron chi connectivity index (χ2n) is 10.7. The van der Waals surface area contributed by atoms with E-state index >= 15 is 0 Å². The van der Waals surface area contributed by atoms with Gasteiger partial charge in [0.1, 0.15) is 5.75 Å². The van der Waals surface area contributed by atoms with Gasteiger partial charge in [0.25, 0.3) is 5.69 Å². The zero-order chi connectivity index (χ0) is 28.8. The Bertz CT molecular complexity index is 1840. The lowest BCUT2D eigenvalue weighted by Gasteiger charge is -2.37. The third kappa shape index (κ3) is 5.02. The highest BCUT2D eigenvalue weighted by Gasteiger charge is 2.40. The van der Waals surface area contributed by atoms with Gasteiger partial charge >= 0.3 is 0 Å². The predicted molar refractivity (Wildman–Crippen MR) is 174 cm³/mol. The number of fused-ring (bicyclic) bond motifs is 3. The van der Waals surface area contributed by atoms with E-state index in [1.165, 1.54) is 17.0 Å². The fourth-order valence-electron chi connectivity index (χ4n) is 5.04. The van der Waals surface area contributed by atoms with Gasteiger partial charge in [-0.25, -0.2) is 4.74 Å². The van der Waals surface area contributed by atoms with E-state index in [1.807, 2.05) is 25.1 Å². The van der Waals surface area contributed by atoms with Gasteiger partial charge in [-0.3, -0.25) is 10.1 Å². The van der Waals surface area contributed by atoms with E-state index in [0.717, 1.165) is 37.3 Å². The van der Waals surface area contributed by atoms with Crippen LogP contribution in [0.2, 0.25) is 0 Å². The number of non-ortho nitro benzene ring substituents is 1. The SMILES string of the molecule is CCn1c2ccccc2c2cc([P@](=Nc3cc([N+](=O)[O-])ccc3C)(Oc3ccc(Br)cc3Br)C(C)(C)C)ccc21. The third-order valence-corrected chi connectivity index (χ3v) is 12.0. The van der Waals surface area contributed by atoms with Crippen LogP contribution in [-0.4, -0.2) is 14.6 Å². The normalized spacial score (nSPS) is 13.4. The molecule has 0 bridgehead atoms. The van der Waals surface area contributed by atoms with Crippen LogP contribution in [0.1, 0.15) is 33.3 Å². The van der Waals surface area contributed by atoms with Crippen molar-refractivity contribution in [1.82, 2.24) is 4.57 Å². The van der Waals surface area contributed by atoms with Crippen molar-refractivity contribution >= 4 is 77.6 Å². The number of nitrogens with zero attached hydrogens (tertiary/aromatic N) is 3. The molecule has 0 saturated heterocycles. The molecule has 0 amide bonds. The van der Waals surface area contributed by atoms with Crippen molar-refractivity contribution < 1.29 is 9.45 Å². The molecule has 0 fully saturated rings. The first-order chi connectivity index (χ1) is 18.9. The van der Waals surface area contributed by atoms with E-state index in [9.17, 15) is 10.1 Å². The summed E-state index contributed by atoms with van der Waals surface area (Å²) < 4.78 is 16.5. The molecule has 0 unspecified atom stereocenters. The monoisotopic (exact) mass is 681 g/mol. The number of aryl methyl sites for hydroxylation is 2. The molecule has 0 aliphatic rings. The average molecular weight is 683 g/mol. The Kier molecular flexibility index (Phi) is 7.73. The minimum Gasteiger partial charge on any atom is -0.454 e. The van der Waals surface area contributed by atoms with E-state index in [2.05, 4.69) is 107 Å². The molecule has 40 heavy (non-hydrogen) atoms. The number of para-hydroxylation sites is 1. The van der Waals surface area contributed by atoms with Gasteiger partial charge in [-0.2, -0.15) is 0 Å². The number of nitro benzene ring substituents is 1. The Morgan fingerprint density at radius 1 is 0.950 bits per heavy atom. The van der Waals surface area contributed by atoms with E-state index < -0.39 is 12.4 Å². The molecule has 0 radical (unpaired) electrons. The van der Waals surface area contributed by atoms with Gasteiger partial charge in [-0.15, -0.1) is 0 Å². The smallest absolute Gasteiger partial charge is 0.271 e. The molecular formula is C31H30Br2N3O3P. The summed E-state index contributed by atoms with van der Waals surface area (Å²) >= 11 is 7.22. The second-order valence-corrected chi connectivity index (χ2v) is 15.9. The maximum atomic E-state index is 11.7. The number of rotatable bonds is 6. The number of nitro groups is 1. The summed E-state index contributed by atoms with van der Waals surface area (Å²) in [5.41, 5.74) is 3.74. The topological polar surface area (TPSA) is 69.7 Å². The van der Waals surface area contributed by atoms with Gasteiger partial charge in [0.05, 0.1) is 15.1 Å². The van der Waals surface area contributed by atoms with Gasteiger partial charge in [-0.1, -0.05) is 61.0 Å². The predicted octanol–water partition coefficient (Wildman–Crippen LogP) is 10.5. The lowest BCUT2D eigenvalue weighted by atomic mass is 10.1. The Morgan fingerprint density at radius 2 is 1.68 bits per heavy atom. The summed E-state index contributed by atoms with van der Waals surface area (Å²) in [6.45, 7) is 11.3. The third-order valence-electron chi connectivity index (χ3n) is 7.11. The van der Waals surface area contributed by atoms with Gasteiger partial charge in [-0.05, 0) is 77.8 Å². The molecular weight excluding hydrogens is 653 g/mol. The molecule has 0 spiro atoms. The van der Waals surface area contributed by atoms with Crippen LogP contribution in [0.4, 0.5) is 11.4 Å². The van der Waals surface area contributed by atoms with E-state index in [-0.39, 0.29) is 10.6 Å². The second kappa shape index (κ2) is 10.8. The number of benzene rings is 4. The zero-order valence-electron chi connectivity index (χ0n) is 23.0. The minimum absolute atomic E-state index is 0.00245. The summed E-state index contributed by atoms with van der Waals surface area (Å²) in [5.74, 6) is 0.661. The standard InChI is InChI=1S/C31H30Br2N3O3P/c1-6-35-28-10-8-7-9-24(28)25-19-23(14-15-29(25)35)40(31(3,4)5,39-30-16-12-21(32)17-26(30)33)34-27-18-22(36(37)38)13-11-20(27)2/h7-19H,6H2,1-5H3/t40-/m0/s1. The summed E-state index contributed by atoms with van der Waals surface area (Å²) in [6, 6.07) is 25.6. The molecule has 0 N–H and O–H groups in total. The zero-order valence-corrected chi connectivity index (χ0v) is 27.0. The summed E-state index contributed by atoms with van der Waals surface area (Å²) in [5, 5.41) is 14.5. The Morgan fingerprint density at radius 3 is 2.35 bits per heavy atom. The first kappa shape index (κ1) is 28.6. The van der Waals surface area contributed by atoms with Gasteiger partial charge in [0.15, 0.2) is 7.28 Å². The number of halogens is 2. The lowest BCUT2D eigenvalue weighted by molar-refractivity contribution is -0.384. The largest absolute Gasteiger partial charge is 0.454 e. The highest BCUT2D eigenvalue weighted by atomic mass is 79.9. The van der Waals surface area contributed by atoms with Crippen LogP contribution in [0.15, 0.2) is 92.6 Å². The molecule has 0 aliphatic heterocycles. The van der Waals surface area contributed by atoms with Crippen molar-refractivity contribution in [2.45, 2.75) is 46.3 Å². The van der Waals surface area contributed by atoms with Gasteiger partial charge < -0.3 is 9.09 Å². The molecule has 1 aromatic heterocycles. The van der Waals surface area contributed by atoms with E-state index in [4.69, 9.17) is 9.27 Å². The van der Waals surface area contributed by atoms with Crippen molar-refractivity contribution in [3.05, 3.63) is 103 Å². The first-order valence-electron chi connectivity index (χ1n) is 13.0. The molecule has 206 valence electrons. The van der Waals surface area contributed by atoms with E-state index in [1.54, 1.807) is 12.1 Å². The van der Waals surface area contributed by atoms with Crippen molar-refractivity contribution in [2.24, 2.45) is 4.74 Å². The molecule has 1 heterocycles. The molecule has 5 aromatic rings. The van der Waals surface area contributed by atoms with Crippen LogP contribution >= 0.6 is 39.1 Å². The highest BCUT2D eigenvalue weighted by Crippen LogP contribution is 2.63. The van der Waals surface area contributed by atoms with Gasteiger partial charge in [0.2, 0.25) is 0 Å². The molecule has 0 aliphatic carbocycles. The van der Waals surface area contributed by atoms with Crippen LogP contribution in [-0.2, 0) is 6.54 Å². The minimum atomic E-state index is -2.93. The van der Waals surface area contributed by atoms with Crippen LogP contribution in [0.3, 0.4) is 0 Å². The van der Waals surface area contributed by atoms with Crippen LogP contribution < -0.4 is 9.83 Å². The molecule has 0 saturated carbocycles. The van der Waals surface area contributed by atoms with Gasteiger partial charge in [0, 0.05) is 55.4 Å². The Hall–Kier alpha value is -2.93. The van der Waals surface area contributed by atoms with Crippen LogP contribution in [0.25, 0.3) is 21.8 Å². The summed E-state index contributed by atoms with van der Waals surface area (Å²) in [6.07, 6.45) is 0. The summed E-state index contributed by atoms with van der Waals surface area (Å²) in [4.78, 5) is 11.3. The molecule has 9 heteroatoms. The summed E-state index contributed by atoms with van der Waals surface area (Å²) in [7, 11) is -2.93. The van der Waals surface area contributed by atoms with Crippen molar-refractivity contribution in [3.63, 3.8) is 0 Å². The fourth-order valence-corrected chi connectivity index (χ4v) is 9.45. The van der Waals surface area contributed by atoms with Crippen molar-refractivity contribution in [2.75, 3.05) is 0 Å². The fraction of sp³-hybridized carbons (Fsp3) is 0.226. The quantitative estimate of drug-likeness (QED) is 0.102. The van der Waals surface area contributed by atoms with Crippen molar-refractivity contribution in [3.8, 4) is 5.75 Å². The maximum Gasteiger partial charge on any atom is 0.271 e. The Labute approximate surface area is 250 Å². The number of aromatic nitrogens is 1. The maximum absolute atomic E-state index is 11.7. The van der Waals surface area contributed by atoms with Crippen LogP contribution in [0, 0.1) is 17.0 Å². The highest BCUT2D eigenvalue weighted by molar-refractivity contribution is 9.11. The van der Waals surface area contributed by atoms with E-state index in [0.29, 0.717) is 11.4 Å². The molecule has 4 aromatic carbocycles.